The molecule has 0 saturated heterocycles. The summed E-state index contributed by atoms with van der Waals surface area (Å²) in [4.78, 5) is 14.2. The van der Waals surface area contributed by atoms with Gasteiger partial charge in [0.15, 0.2) is 0 Å². The summed E-state index contributed by atoms with van der Waals surface area (Å²) in [6, 6.07) is 13.3. The molecule has 5 heteroatoms. The minimum atomic E-state index is -0.0800. The molecule has 2 heterocycles. The van der Waals surface area contributed by atoms with Crippen LogP contribution in [0, 0.1) is 0 Å². The van der Waals surface area contributed by atoms with E-state index in [1.54, 1.807) is 17.0 Å². The number of hydrogen-bond acceptors (Lipinski definition) is 3. The van der Waals surface area contributed by atoms with Crippen molar-refractivity contribution in [1.82, 2.24) is 10.2 Å². The molecule has 24 heavy (non-hydrogen) atoms. The zero-order chi connectivity index (χ0) is 16.5. The molecular weight excluding hydrogens is 304 g/mol. The van der Waals surface area contributed by atoms with Gasteiger partial charge in [-0.25, -0.2) is 4.79 Å². The fraction of sp³-hybridized carbons (Fsp3) is 0.316. The van der Waals surface area contributed by atoms with Crippen molar-refractivity contribution in [3.8, 4) is 11.5 Å². The summed E-state index contributed by atoms with van der Waals surface area (Å²) >= 11 is 0. The van der Waals surface area contributed by atoms with Crippen LogP contribution in [-0.4, -0.2) is 35.2 Å². The van der Waals surface area contributed by atoms with Gasteiger partial charge in [0.1, 0.15) is 17.6 Å². The van der Waals surface area contributed by atoms with E-state index < -0.39 is 0 Å². The molecule has 0 aliphatic carbocycles. The molecule has 2 amide bonds. The number of amides is 2. The Morgan fingerprint density at radius 1 is 1.21 bits per heavy atom. The highest BCUT2D eigenvalue weighted by molar-refractivity contribution is 5.74. The van der Waals surface area contributed by atoms with Crippen molar-refractivity contribution in [1.29, 1.82) is 0 Å². The molecule has 0 saturated carbocycles. The van der Waals surface area contributed by atoms with Crippen molar-refractivity contribution < 1.29 is 14.6 Å². The highest BCUT2D eigenvalue weighted by Crippen LogP contribution is 2.28. The van der Waals surface area contributed by atoms with Crippen LogP contribution in [0.5, 0.6) is 11.5 Å². The van der Waals surface area contributed by atoms with E-state index in [1.165, 1.54) is 11.1 Å². The van der Waals surface area contributed by atoms with E-state index in [1.807, 2.05) is 24.3 Å². The first-order valence-electron chi connectivity index (χ1n) is 8.27. The van der Waals surface area contributed by atoms with E-state index in [4.69, 9.17) is 4.74 Å². The zero-order valence-electron chi connectivity index (χ0n) is 13.4. The molecule has 2 aromatic carbocycles. The number of ether oxygens (including phenoxy) is 1. The monoisotopic (exact) mass is 324 g/mol. The van der Waals surface area contributed by atoms with Gasteiger partial charge in [0.2, 0.25) is 0 Å². The Hall–Kier alpha value is -2.69. The second-order valence-corrected chi connectivity index (χ2v) is 6.36. The molecule has 5 nitrogen and oxygen atoms in total. The third-order valence-electron chi connectivity index (χ3n) is 4.68. The maximum atomic E-state index is 12.4. The number of nitrogens with one attached hydrogen (secondary N) is 1. The first kappa shape index (κ1) is 14.9. The van der Waals surface area contributed by atoms with Crippen LogP contribution in [0.2, 0.25) is 0 Å². The molecule has 0 spiro atoms. The number of aromatic hydroxyl groups is 1. The van der Waals surface area contributed by atoms with Gasteiger partial charge in [-0.3, -0.25) is 0 Å². The Morgan fingerprint density at radius 2 is 2.08 bits per heavy atom. The molecule has 0 aromatic heterocycles. The smallest absolute Gasteiger partial charge is 0.317 e. The SMILES string of the molecule is O=C(NC[C@H]1Cc2ccccc2O1)N1CCc2ccc(O)cc2C1. The zero-order valence-corrected chi connectivity index (χ0v) is 13.4. The van der Waals surface area contributed by atoms with E-state index in [-0.39, 0.29) is 17.9 Å². The van der Waals surface area contributed by atoms with Gasteiger partial charge >= 0.3 is 6.03 Å². The fourth-order valence-corrected chi connectivity index (χ4v) is 3.40. The molecule has 124 valence electrons. The van der Waals surface area contributed by atoms with Crippen molar-refractivity contribution in [3.05, 3.63) is 59.2 Å². The van der Waals surface area contributed by atoms with Crippen molar-refractivity contribution in [3.63, 3.8) is 0 Å². The average Bonchev–Trinajstić information content (AvgIpc) is 3.02. The largest absolute Gasteiger partial charge is 0.508 e. The van der Waals surface area contributed by atoms with Crippen LogP contribution in [0.25, 0.3) is 0 Å². The number of rotatable bonds is 2. The van der Waals surface area contributed by atoms with Crippen LogP contribution in [0.1, 0.15) is 16.7 Å². The number of phenols is 1. The van der Waals surface area contributed by atoms with Crippen LogP contribution >= 0.6 is 0 Å². The lowest BCUT2D eigenvalue weighted by molar-refractivity contribution is 0.180. The van der Waals surface area contributed by atoms with Gasteiger partial charge in [-0.05, 0) is 41.3 Å². The van der Waals surface area contributed by atoms with Crippen LogP contribution in [0.15, 0.2) is 42.5 Å². The molecule has 0 unspecified atom stereocenters. The fourth-order valence-electron chi connectivity index (χ4n) is 3.40. The van der Waals surface area contributed by atoms with Crippen LogP contribution in [-0.2, 0) is 19.4 Å². The number of hydrogen-bond donors (Lipinski definition) is 2. The lowest BCUT2D eigenvalue weighted by Gasteiger charge is -2.29. The molecule has 4 rings (SSSR count). The standard InChI is InChI=1S/C19H20N2O3/c22-16-6-5-13-7-8-21(12-15(13)9-16)19(23)20-11-17-10-14-3-1-2-4-18(14)24-17/h1-6,9,17,22H,7-8,10-12H2,(H,20,23)/t17-/m1/s1. The van der Waals surface area contributed by atoms with Crippen LogP contribution < -0.4 is 10.1 Å². The summed E-state index contributed by atoms with van der Waals surface area (Å²) in [6.45, 7) is 1.72. The predicted molar refractivity (Wildman–Crippen MR) is 90.2 cm³/mol. The minimum Gasteiger partial charge on any atom is -0.508 e. The van der Waals surface area contributed by atoms with E-state index in [9.17, 15) is 9.90 Å². The van der Waals surface area contributed by atoms with Gasteiger partial charge in [0, 0.05) is 19.5 Å². The number of phenolic OH excluding ortho intramolecular Hbond substituents is 1. The summed E-state index contributed by atoms with van der Waals surface area (Å²) < 4.78 is 5.85. The third-order valence-corrected chi connectivity index (χ3v) is 4.68. The maximum absolute atomic E-state index is 12.4. The molecule has 0 radical (unpaired) electrons. The number of para-hydroxylation sites is 1. The first-order valence-corrected chi connectivity index (χ1v) is 8.27. The maximum Gasteiger partial charge on any atom is 0.317 e. The second-order valence-electron chi connectivity index (χ2n) is 6.36. The summed E-state index contributed by atoms with van der Waals surface area (Å²) in [6.07, 6.45) is 1.63. The predicted octanol–water partition coefficient (Wildman–Crippen LogP) is 2.46. The summed E-state index contributed by atoms with van der Waals surface area (Å²) in [5.41, 5.74) is 3.41. The minimum absolute atomic E-state index is 0.00697. The van der Waals surface area contributed by atoms with Gasteiger partial charge in [0.05, 0.1) is 6.54 Å². The molecule has 2 aromatic rings. The average molecular weight is 324 g/mol. The molecule has 0 bridgehead atoms. The van der Waals surface area contributed by atoms with Gasteiger partial charge in [-0.2, -0.15) is 0 Å². The Bertz CT molecular complexity index is 750. The highest BCUT2D eigenvalue weighted by Gasteiger charge is 2.25. The van der Waals surface area contributed by atoms with E-state index in [2.05, 4.69) is 11.4 Å². The number of urea groups is 1. The number of benzene rings is 2. The van der Waals surface area contributed by atoms with E-state index in [0.29, 0.717) is 19.6 Å². The lowest BCUT2D eigenvalue weighted by atomic mass is 10.00. The number of nitrogens with zero attached hydrogens (tertiary/aromatic N) is 1. The van der Waals surface area contributed by atoms with E-state index in [0.717, 1.165) is 24.2 Å². The Balaban J connectivity index is 1.33. The Kier molecular flexibility index (Phi) is 3.76. The van der Waals surface area contributed by atoms with Gasteiger partial charge < -0.3 is 20.1 Å². The molecule has 2 aliphatic rings. The Labute approximate surface area is 140 Å². The normalized spacial score (nSPS) is 18.5. The van der Waals surface area contributed by atoms with Crippen LogP contribution in [0.3, 0.4) is 0 Å². The third kappa shape index (κ3) is 2.89. The van der Waals surface area contributed by atoms with E-state index >= 15 is 0 Å². The lowest BCUT2D eigenvalue weighted by Crippen LogP contribution is -2.45. The van der Waals surface area contributed by atoms with Crippen LogP contribution in [0.4, 0.5) is 4.79 Å². The van der Waals surface area contributed by atoms with Gasteiger partial charge in [-0.1, -0.05) is 24.3 Å². The van der Waals surface area contributed by atoms with Gasteiger partial charge in [0.25, 0.3) is 0 Å². The quantitative estimate of drug-likeness (QED) is 0.892. The second kappa shape index (κ2) is 6.07. The summed E-state index contributed by atoms with van der Waals surface area (Å²) in [7, 11) is 0. The first-order chi connectivity index (χ1) is 11.7. The number of fused-ring (bicyclic) bond motifs is 2. The highest BCUT2D eigenvalue weighted by atomic mass is 16.5. The van der Waals surface area contributed by atoms with Crippen molar-refractivity contribution in [2.75, 3.05) is 13.1 Å². The summed E-state index contributed by atoms with van der Waals surface area (Å²) in [5.74, 6) is 1.16. The molecule has 1 atom stereocenters. The molecule has 2 N–H and O–H groups in total. The van der Waals surface area contributed by atoms with Crippen molar-refractivity contribution >= 4 is 6.03 Å². The van der Waals surface area contributed by atoms with Gasteiger partial charge in [-0.15, -0.1) is 0 Å². The summed E-state index contributed by atoms with van der Waals surface area (Å²) in [5, 5.41) is 12.6. The number of carbonyl (C=O) groups is 1. The molecule has 0 fully saturated rings. The topological polar surface area (TPSA) is 61.8 Å². The molecular formula is C19H20N2O3. The Morgan fingerprint density at radius 3 is 2.96 bits per heavy atom. The van der Waals surface area contributed by atoms with Crippen molar-refractivity contribution in [2.45, 2.75) is 25.5 Å². The van der Waals surface area contributed by atoms with Crippen molar-refractivity contribution in [2.24, 2.45) is 0 Å². The molecule has 2 aliphatic heterocycles. The number of carbonyl (C=O) groups excluding carboxylic acids is 1.